The smallest absolute Gasteiger partial charge is 0.408 e. The van der Waals surface area contributed by atoms with E-state index in [-0.39, 0.29) is 24.4 Å². The van der Waals surface area contributed by atoms with E-state index in [4.69, 9.17) is 9.47 Å². The molecule has 0 heterocycles. The van der Waals surface area contributed by atoms with Crippen molar-refractivity contribution in [2.75, 3.05) is 11.9 Å². The first-order chi connectivity index (χ1) is 15.5. The van der Waals surface area contributed by atoms with Gasteiger partial charge >= 0.3 is 12.2 Å². The maximum absolute atomic E-state index is 12.8. The number of para-hydroxylation sites is 1. The topological polar surface area (TPSA) is 123 Å². The molecule has 1 atom stereocenters. The summed E-state index contributed by atoms with van der Waals surface area (Å²) in [6.45, 7) is 6.41. The van der Waals surface area contributed by atoms with Crippen LogP contribution in [0.15, 0.2) is 54.6 Å². The molecule has 0 fully saturated rings. The number of anilines is 1. The summed E-state index contributed by atoms with van der Waals surface area (Å²) in [7, 11) is 0. The number of alkyl carbamates (subject to hydrolysis) is 2. The maximum atomic E-state index is 12.8. The van der Waals surface area contributed by atoms with Crippen LogP contribution in [0.25, 0.3) is 0 Å². The van der Waals surface area contributed by atoms with Crippen molar-refractivity contribution in [1.82, 2.24) is 10.6 Å². The van der Waals surface area contributed by atoms with E-state index in [0.29, 0.717) is 0 Å². The fourth-order valence-electron chi connectivity index (χ4n) is 2.71. The van der Waals surface area contributed by atoms with Gasteiger partial charge in [-0.3, -0.25) is 9.59 Å². The van der Waals surface area contributed by atoms with Gasteiger partial charge in [-0.1, -0.05) is 42.5 Å². The SMILES string of the molecule is C[C@H](NC(=O)OC(C)(C)C)C(=O)c1ccccc1NC(=O)CNC(=O)OCc1ccccc1. The highest BCUT2D eigenvalue weighted by molar-refractivity contribution is 6.08. The number of benzene rings is 2. The molecule has 33 heavy (non-hydrogen) atoms. The average molecular weight is 456 g/mol. The molecule has 0 saturated carbocycles. The van der Waals surface area contributed by atoms with Gasteiger partial charge in [0.2, 0.25) is 5.91 Å². The lowest BCUT2D eigenvalue weighted by atomic mass is 10.0. The van der Waals surface area contributed by atoms with Crippen LogP contribution in [0.2, 0.25) is 0 Å². The maximum Gasteiger partial charge on any atom is 0.408 e. The summed E-state index contributed by atoms with van der Waals surface area (Å²) in [6, 6.07) is 14.6. The van der Waals surface area contributed by atoms with Gasteiger partial charge in [0.15, 0.2) is 5.78 Å². The highest BCUT2D eigenvalue weighted by Crippen LogP contribution is 2.17. The summed E-state index contributed by atoms with van der Waals surface area (Å²) in [5, 5.41) is 7.44. The second-order valence-corrected chi connectivity index (χ2v) is 8.24. The first-order valence-corrected chi connectivity index (χ1v) is 10.4. The van der Waals surface area contributed by atoms with Gasteiger partial charge in [0, 0.05) is 5.56 Å². The van der Waals surface area contributed by atoms with Crippen LogP contribution < -0.4 is 16.0 Å². The normalized spacial score (nSPS) is 11.6. The summed E-state index contributed by atoms with van der Waals surface area (Å²) < 4.78 is 10.2. The average Bonchev–Trinajstić information content (AvgIpc) is 2.75. The molecule has 0 aromatic heterocycles. The van der Waals surface area contributed by atoms with Crippen LogP contribution in [-0.2, 0) is 20.9 Å². The summed E-state index contributed by atoms with van der Waals surface area (Å²) in [4.78, 5) is 48.9. The Balaban J connectivity index is 1.89. The largest absolute Gasteiger partial charge is 0.445 e. The third-order valence-electron chi connectivity index (χ3n) is 4.20. The Kier molecular flexibility index (Phi) is 8.97. The molecule has 3 amide bonds. The molecule has 0 unspecified atom stereocenters. The molecule has 0 aliphatic heterocycles. The van der Waals surface area contributed by atoms with Crippen molar-refractivity contribution in [3.63, 3.8) is 0 Å². The molecule has 0 aliphatic carbocycles. The molecule has 2 rings (SSSR count). The van der Waals surface area contributed by atoms with Crippen molar-refractivity contribution < 1.29 is 28.7 Å². The highest BCUT2D eigenvalue weighted by atomic mass is 16.6. The predicted octanol–water partition coefficient (Wildman–Crippen LogP) is 3.65. The van der Waals surface area contributed by atoms with Crippen molar-refractivity contribution in [2.24, 2.45) is 0 Å². The minimum absolute atomic E-state index is 0.0775. The summed E-state index contributed by atoms with van der Waals surface area (Å²) in [5.74, 6) is -0.952. The highest BCUT2D eigenvalue weighted by Gasteiger charge is 2.23. The van der Waals surface area contributed by atoms with Crippen LogP contribution in [-0.4, -0.2) is 42.1 Å². The van der Waals surface area contributed by atoms with E-state index in [1.807, 2.05) is 30.3 Å². The number of carbonyl (C=O) groups excluding carboxylic acids is 4. The van der Waals surface area contributed by atoms with Gasteiger partial charge in [0.1, 0.15) is 18.8 Å². The number of rotatable bonds is 8. The molecule has 0 bridgehead atoms. The van der Waals surface area contributed by atoms with E-state index in [2.05, 4.69) is 16.0 Å². The monoisotopic (exact) mass is 455 g/mol. The van der Waals surface area contributed by atoms with Crippen LogP contribution >= 0.6 is 0 Å². The molecular weight excluding hydrogens is 426 g/mol. The number of nitrogens with one attached hydrogen (secondary N) is 3. The first-order valence-electron chi connectivity index (χ1n) is 10.4. The van der Waals surface area contributed by atoms with E-state index in [9.17, 15) is 19.2 Å². The van der Waals surface area contributed by atoms with Crippen molar-refractivity contribution >= 4 is 29.6 Å². The fourth-order valence-corrected chi connectivity index (χ4v) is 2.71. The lowest BCUT2D eigenvalue weighted by Crippen LogP contribution is -2.42. The number of amides is 3. The van der Waals surface area contributed by atoms with Gasteiger partial charge in [-0.25, -0.2) is 9.59 Å². The number of hydrogen-bond acceptors (Lipinski definition) is 6. The van der Waals surface area contributed by atoms with Crippen LogP contribution in [0, 0.1) is 0 Å². The molecule has 9 heteroatoms. The summed E-state index contributed by atoms with van der Waals surface area (Å²) in [5.41, 5.74) is 0.582. The lowest BCUT2D eigenvalue weighted by Gasteiger charge is -2.22. The summed E-state index contributed by atoms with van der Waals surface area (Å²) in [6.07, 6.45) is -1.46. The zero-order valence-corrected chi connectivity index (χ0v) is 19.1. The summed E-state index contributed by atoms with van der Waals surface area (Å²) >= 11 is 0. The molecule has 176 valence electrons. The number of hydrogen-bond donors (Lipinski definition) is 3. The number of carbonyl (C=O) groups is 4. The third kappa shape index (κ3) is 9.02. The lowest BCUT2D eigenvalue weighted by molar-refractivity contribution is -0.115. The van der Waals surface area contributed by atoms with Gasteiger partial charge in [-0.2, -0.15) is 0 Å². The van der Waals surface area contributed by atoms with Gasteiger partial charge in [0.05, 0.1) is 11.7 Å². The Labute approximate surface area is 192 Å². The Morgan fingerprint density at radius 1 is 0.909 bits per heavy atom. The molecule has 0 radical (unpaired) electrons. The van der Waals surface area contributed by atoms with Crippen LogP contribution in [0.4, 0.5) is 15.3 Å². The predicted molar refractivity (Wildman–Crippen MR) is 123 cm³/mol. The zero-order valence-electron chi connectivity index (χ0n) is 19.1. The Hall–Kier alpha value is -3.88. The molecular formula is C24H29N3O6. The van der Waals surface area contributed by atoms with Gasteiger partial charge in [0.25, 0.3) is 0 Å². The Bertz CT molecular complexity index is 985. The van der Waals surface area contributed by atoms with Crippen molar-refractivity contribution in [1.29, 1.82) is 0 Å². The fraction of sp³-hybridized carbons (Fsp3) is 0.333. The van der Waals surface area contributed by atoms with Crippen LogP contribution in [0.3, 0.4) is 0 Å². The minimum Gasteiger partial charge on any atom is -0.445 e. The molecule has 2 aromatic rings. The molecule has 0 spiro atoms. The number of ether oxygens (including phenoxy) is 2. The molecule has 3 N–H and O–H groups in total. The van der Waals surface area contributed by atoms with E-state index in [1.165, 1.54) is 13.0 Å². The number of ketones is 1. The minimum atomic E-state index is -0.885. The van der Waals surface area contributed by atoms with E-state index in [1.54, 1.807) is 39.0 Å². The van der Waals surface area contributed by atoms with Gasteiger partial charge in [-0.15, -0.1) is 0 Å². The van der Waals surface area contributed by atoms with E-state index in [0.717, 1.165) is 5.56 Å². The zero-order chi connectivity index (χ0) is 24.4. The third-order valence-corrected chi connectivity index (χ3v) is 4.20. The molecule has 0 aliphatic rings. The van der Waals surface area contributed by atoms with Crippen LogP contribution in [0.5, 0.6) is 0 Å². The molecule has 2 aromatic carbocycles. The molecule has 9 nitrogen and oxygen atoms in total. The van der Waals surface area contributed by atoms with Gasteiger partial charge in [-0.05, 0) is 45.4 Å². The second-order valence-electron chi connectivity index (χ2n) is 8.24. The second kappa shape index (κ2) is 11.7. The van der Waals surface area contributed by atoms with E-state index < -0.39 is 35.5 Å². The quantitative estimate of drug-likeness (QED) is 0.522. The van der Waals surface area contributed by atoms with Crippen molar-refractivity contribution in [3.05, 3.63) is 65.7 Å². The van der Waals surface area contributed by atoms with Gasteiger partial charge < -0.3 is 25.4 Å². The standard InChI is InChI=1S/C24H29N3O6/c1-16(26-23(31)33-24(2,3)4)21(29)18-12-8-9-13-19(18)27-20(28)14-25-22(30)32-15-17-10-6-5-7-11-17/h5-13,16H,14-15H2,1-4H3,(H,25,30)(H,26,31)(H,27,28)/t16-/m0/s1. The van der Waals surface area contributed by atoms with Crippen molar-refractivity contribution in [3.8, 4) is 0 Å². The first kappa shape index (κ1) is 25.4. The van der Waals surface area contributed by atoms with Crippen molar-refractivity contribution in [2.45, 2.75) is 45.9 Å². The van der Waals surface area contributed by atoms with E-state index >= 15 is 0 Å². The Morgan fingerprint density at radius 2 is 1.55 bits per heavy atom. The number of Topliss-reactive ketones (excluding diaryl/α,β-unsaturated/α-hetero) is 1. The van der Waals surface area contributed by atoms with Crippen LogP contribution in [0.1, 0.15) is 43.6 Å². The molecule has 0 saturated heterocycles. The Morgan fingerprint density at radius 3 is 2.21 bits per heavy atom.